The maximum Gasteiger partial charge on any atom is 0.304 e. The summed E-state index contributed by atoms with van der Waals surface area (Å²) in [5.41, 5.74) is 22.3. The molecule has 1 aromatic rings. The summed E-state index contributed by atoms with van der Waals surface area (Å²) in [6.07, 6.45) is 2.04. The predicted molar refractivity (Wildman–Crippen MR) is 330 cm³/mol. The molecule has 2 saturated heterocycles. The zero-order chi connectivity index (χ0) is 64.4. The fraction of sp³-hybridized carbons (Fsp3) is 0.667. The SMILES string of the molecule is CC(=O)CCCOCCOCCOCCCC(=O)COCC(N)=O.C[C@@H]1CSCC(=O)N[C@@H](CCCCN)C(=O)N[C@H]2CSSC[C@H](NC(=O)[C@H](CC(=O)O)CC(=O)CNC(=O)[C@H](CCCN=C(N)N)CC2=O)C(=O)C[C@@H](Cc2ccccc2)C(=O)N1. The molecule has 6 amide bonds. The van der Waals surface area contributed by atoms with Crippen molar-refractivity contribution in [3.63, 3.8) is 0 Å². The largest absolute Gasteiger partial charge is 0.481 e. The molecule has 488 valence electrons. The number of hydrogen-bond donors (Lipinski definition) is 10. The molecule has 0 spiro atoms. The third-order valence-corrected chi connectivity index (χ3v) is 16.7. The summed E-state index contributed by atoms with van der Waals surface area (Å²) in [7, 11) is 2.19. The van der Waals surface area contributed by atoms with Crippen LogP contribution in [0.1, 0.15) is 103 Å². The lowest BCUT2D eigenvalue weighted by Gasteiger charge is -2.25. The van der Waals surface area contributed by atoms with Crippen molar-refractivity contribution >= 4 is 110 Å². The number of carboxylic acids is 1. The number of thioether (sulfide) groups is 1. The summed E-state index contributed by atoms with van der Waals surface area (Å²) in [4.78, 5) is 158. The first-order valence-corrected chi connectivity index (χ1v) is 32.7. The van der Waals surface area contributed by atoms with Gasteiger partial charge in [-0.3, -0.25) is 57.7 Å². The lowest BCUT2D eigenvalue weighted by Crippen LogP contribution is -2.53. The Kier molecular flexibility index (Phi) is 40.9. The van der Waals surface area contributed by atoms with Crippen molar-refractivity contribution in [2.24, 2.45) is 45.7 Å². The molecular weight excluding hydrogens is 1190 g/mol. The molecule has 14 N–H and O–H groups in total. The van der Waals surface area contributed by atoms with Crippen molar-refractivity contribution in [2.45, 2.75) is 128 Å². The number of primary amides is 1. The van der Waals surface area contributed by atoms with Crippen LogP contribution in [-0.2, 0) is 82.9 Å². The Morgan fingerprint density at radius 1 is 0.644 bits per heavy atom. The van der Waals surface area contributed by atoms with E-state index in [9.17, 15) is 62.6 Å². The van der Waals surface area contributed by atoms with E-state index in [2.05, 4.69) is 31.6 Å². The Labute approximate surface area is 520 Å². The normalized spacial score (nSPS) is 21.7. The second-order valence-corrected chi connectivity index (χ2v) is 24.5. The molecule has 0 aromatic heterocycles. The Balaban J connectivity index is 0.000000902. The molecule has 2 bridgehead atoms. The van der Waals surface area contributed by atoms with Gasteiger partial charge in [0.1, 0.15) is 25.0 Å². The molecule has 2 aliphatic heterocycles. The number of ketones is 5. The van der Waals surface area contributed by atoms with Gasteiger partial charge in [-0.25, -0.2) is 0 Å². The fourth-order valence-electron chi connectivity index (χ4n) is 8.57. The Hall–Kier alpha value is -6.02. The van der Waals surface area contributed by atoms with Gasteiger partial charge in [-0.05, 0) is 77.3 Å². The Morgan fingerprint density at radius 3 is 1.84 bits per heavy atom. The van der Waals surface area contributed by atoms with Crippen LogP contribution in [0.3, 0.4) is 0 Å². The zero-order valence-electron chi connectivity index (χ0n) is 49.9. The number of hydrogen-bond acceptors (Lipinski definition) is 21. The molecule has 1 aromatic carbocycles. The van der Waals surface area contributed by atoms with Crippen LogP contribution in [0.2, 0.25) is 0 Å². The van der Waals surface area contributed by atoms with Gasteiger partial charge < -0.3 is 78.4 Å². The highest BCUT2D eigenvalue weighted by Gasteiger charge is 2.35. The number of nitrogens with two attached hydrogens (primary N) is 4. The van der Waals surface area contributed by atoms with Crippen molar-refractivity contribution in [3.8, 4) is 0 Å². The highest BCUT2D eigenvalue weighted by Crippen LogP contribution is 2.27. The molecule has 0 unspecified atom stereocenters. The third-order valence-electron chi connectivity index (χ3n) is 13.1. The molecule has 2 aliphatic rings. The number of aliphatic carboxylic acids is 1. The first-order chi connectivity index (χ1) is 41.6. The number of Topliss-reactive ketones (excluding diaryl/α,β-unsaturated/α-hetero) is 5. The van der Waals surface area contributed by atoms with Crippen LogP contribution >= 0.6 is 33.3 Å². The molecule has 0 radical (unpaired) electrons. The fourth-order valence-corrected chi connectivity index (χ4v) is 11.8. The van der Waals surface area contributed by atoms with Gasteiger partial charge in [-0.2, -0.15) is 0 Å². The van der Waals surface area contributed by atoms with Gasteiger partial charge in [0.2, 0.25) is 35.4 Å². The van der Waals surface area contributed by atoms with Crippen LogP contribution in [0.5, 0.6) is 0 Å². The van der Waals surface area contributed by atoms with E-state index in [4.69, 9.17) is 41.9 Å². The van der Waals surface area contributed by atoms with E-state index in [0.717, 1.165) is 33.6 Å². The topological polar surface area (TPSA) is 439 Å². The monoisotopic (exact) mass is 1280 g/mol. The molecule has 3 rings (SSSR count). The quantitative estimate of drug-likeness (QED) is 0.0211. The predicted octanol–water partition coefficient (Wildman–Crippen LogP) is 0.0863. The van der Waals surface area contributed by atoms with E-state index < -0.39 is 120 Å². The van der Waals surface area contributed by atoms with Gasteiger partial charge in [0.05, 0.1) is 63.1 Å². The van der Waals surface area contributed by atoms with Crippen LogP contribution in [0.4, 0.5) is 0 Å². The Bertz CT molecular complexity index is 2390. The summed E-state index contributed by atoms with van der Waals surface area (Å²) in [5, 5.41) is 23.4. The van der Waals surface area contributed by atoms with E-state index >= 15 is 0 Å². The molecule has 2 heterocycles. The van der Waals surface area contributed by atoms with E-state index in [-0.39, 0.29) is 93.1 Å². The number of carbonyl (C=O) groups excluding carboxylic acids is 11. The molecular formula is C57H90N10O17S3. The van der Waals surface area contributed by atoms with Crippen molar-refractivity contribution < 1.29 is 81.6 Å². The molecule has 7 atom stereocenters. The number of benzene rings is 1. The summed E-state index contributed by atoms with van der Waals surface area (Å²) in [6, 6.07) is 5.12. The lowest BCUT2D eigenvalue weighted by atomic mass is 9.91. The molecule has 0 saturated carbocycles. The average molecular weight is 1280 g/mol. The average Bonchev–Trinajstić information content (AvgIpc) is 3.53. The molecule has 27 nitrogen and oxygen atoms in total. The zero-order valence-corrected chi connectivity index (χ0v) is 52.3. The van der Waals surface area contributed by atoms with Crippen molar-refractivity contribution in [3.05, 3.63) is 35.9 Å². The minimum Gasteiger partial charge on any atom is -0.481 e. The van der Waals surface area contributed by atoms with Crippen LogP contribution in [0.15, 0.2) is 35.3 Å². The molecule has 0 aliphatic carbocycles. The Morgan fingerprint density at radius 2 is 1.24 bits per heavy atom. The standard InChI is InChI=1S/C41H61N9O10S3.C16H29NO7/c1-24-20-61-23-35(54)48-30(11-5-6-12-42)40(60)50-32-22-63-62-21-31(34(53)17-27(38(58)47-24)14-25-8-3-2-4-9-25)49-39(59)28(18-36(55)56)15-29(51)19-46-37(57)26(16-33(32)52)10-7-13-45-41(43)44;1-14(18)4-2-6-21-8-10-23-11-9-22-7-3-5-15(19)12-24-13-16(17)20/h2-4,8-9,24,26-28,30-32H,5-7,10-23,42H2,1H3,(H,46,57)(H,47,58)(H,48,54)(H,49,59)(H,50,60)(H,55,56)(H4,43,44,45);2-13H2,1H3,(H2,17,20)/t24-,26-,27-,28+,30+,31+,32+;/m1./s1. The number of rotatable bonds is 30. The number of carboxylic acid groups (broad SMARTS) is 1. The van der Waals surface area contributed by atoms with E-state index in [0.29, 0.717) is 84.0 Å². The van der Waals surface area contributed by atoms with Crippen LogP contribution in [0, 0.1) is 17.8 Å². The van der Waals surface area contributed by atoms with Crippen LogP contribution in [0.25, 0.3) is 0 Å². The second-order valence-electron chi connectivity index (χ2n) is 20.9. The first-order valence-electron chi connectivity index (χ1n) is 29.1. The summed E-state index contributed by atoms with van der Waals surface area (Å²) >= 11 is 1.23. The van der Waals surface area contributed by atoms with Crippen molar-refractivity contribution in [1.82, 2.24) is 26.6 Å². The number of fused-ring (bicyclic) bond motifs is 5. The van der Waals surface area contributed by atoms with E-state index in [1.165, 1.54) is 11.8 Å². The van der Waals surface area contributed by atoms with Crippen LogP contribution in [-0.4, -0.2) is 201 Å². The van der Waals surface area contributed by atoms with Gasteiger partial charge in [0.15, 0.2) is 29.1 Å². The van der Waals surface area contributed by atoms with E-state index in [1.807, 2.05) is 18.2 Å². The van der Waals surface area contributed by atoms with Crippen LogP contribution < -0.4 is 49.5 Å². The number of aliphatic imine (C=N–C) groups is 1. The first kappa shape index (κ1) is 77.1. The van der Waals surface area contributed by atoms with Gasteiger partial charge in [0.25, 0.3) is 0 Å². The molecule has 2 fully saturated rings. The number of ether oxygens (including phenoxy) is 4. The summed E-state index contributed by atoms with van der Waals surface area (Å²) in [5.74, 6) is -10.0. The molecule has 87 heavy (non-hydrogen) atoms. The summed E-state index contributed by atoms with van der Waals surface area (Å²) < 4.78 is 20.8. The maximum atomic E-state index is 14.3. The number of guanidine groups is 1. The number of nitrogens with zero attached hydrogens (tertiary/aromatic N) is 1. The highest BCUT2D eigenvalue weighted by molar-refractivity contribution is 8.76. The number of carbonyl (C=O) groups is 12. The second kappa shape index (κ2) is 46.1. The number of nitrogens with one attached hydrogen (secondary N) is 5. The van der Waals surface area contributed by atoms with E-state index in [1.54, 1.807) is 26.0 Å². The smallest absolute Gasteiger partial charge is 0.304 e. The maximum absolute atomic E-state index is 14.3. The van der Waals surface area contributed by atoms with Gasteiger partial charge in [-0.15, -0.1) is 11.8 Å². The third kappa shape index (κ3) is 37.4. The van der Waals surface area contributed by atoms with Gasteiger partial charge in [0, 0.05) is 87.0 Å². The lowest BCUT2D eigenvalue weighted by molar-refractivity contribution is -0.142. The summed E-state index contributed by atoms with van der Waals surface area (Å²) in [6.45, 7) is 5.82. The number of unbranched alkanes of at least 4 members (excludes halogenated alkanes) is 1. The van der Waals surface area contributed by atoms with Gasteiger partial charge in [-0.1, -0.05) is 51.9 Å². The minimum atomic E-state index is -1.41. The molecule has 30 heteroatoms. The minimum absolute atomic E-state index is 0.0505. The van der Waals surface area contributed by atoms with Gasteiger partial charge >= 0.3 is 5.97 Å². The number of amides is 6. The van der Waals surface area contributed by atoms with Crippen molar-refractivity contribution in [2.75, 3.05) is 95.5 Å². The highest BCUT2D eigenvalue weighted by atomic mass is 33.1. The van der Waals surface area contributed by atoms with Crippen molar-refractivity contribution in [1.29, 1.82) is 0 Å².